The van der Waals surface area contributed by atoms with Crippen LogP contribution >= 0.6 is 15.6 Å². The number of hydrogen-bond donors (Lipinski definition) is 3. The Morgan fingerprint density at radius 3 is 0.680 bits per heavy atom. The molecule has 0 aliphatic carbocycles. The highest BCUT2D eigenvalue weighted by Crippen LogP contribution is 2.45. The summed E-state index contributed by atoms with van der Waals surface area (Å²) in [5.74, 6) is 0.146. The predicted octanol–water partition coefficient (Wildman–Crippen LogP) is 24.1. The van der Waals surface area contributed by atoms with Gasteiger partial charge in [0.05, 0.1) is 26.4 Å². The number of carbonyl (C=O) groups is 4. The Morgan fingerprint density at radius 2 is 0.460 bits per heavy atom. The van der Waals surface area contributed by atoms with Crippen molar-refractivity contribution in [1.82, 2.24) is 0 Å². The molecule has 0 radical (unpaired) electrons. The van der Waals surface area contributed by atoms with Gasteiger partial charge in [-0.25, -0.2) is 9.13 Å². The summed E-state index contributed by atoms with van der Waals surface area (Å²) >= 11 is 0. The van der Waals surface area contributed by atoms with E-state index in [1.165, 1.54) is 225 Å². The Bertz CT molecular complexity index is 1940. The van der Waals surface area contributed by atoms with Crippen LogP contribution in [0.4, 0.5) is 0 Å². The van der Waals surface area contributed by atoms with Crippen LogP contribution in [0.2, 0.25) is 0 Å². The van der Waals surface area contributed by atoms with Gasteiger partial charge in [0.15, 0.2) is 12.2 Å². The normalized spacial score (nSPS) is 14.0. The average molecular weight is 1470 g/mol. The molecule has 0 saturated heterocycles. The highest BCUT2D eigenvalue weighted by molar-refractivity contribution is 7.47. The first-order valence-corrected chi connectivity index (χ1v) is 44.8. The highest BCUT2D eigenvalue weighted by atomic mass is 31.2. The molecule has 0 aliphatic rings. The van der Waals surface area contributed by atoms with Crippen LogP contribution in [0.3, 0.4) is 0 Å². The summed E-state index contributed by atoms with van der Waals surface area (Å²) in [5, 5.41) is 10.6. The number of phosphoric ester groups is 2. The third-order valence-electron chi connectivity index (χ3n) is 18.9. The van der Waals surface area contributed by atoms with Gasteiger partial charge in [-0.05, 0) is 43.4 Å². The molecule has 594 valence electrons. The van der Waals surface area contributed by atoms with Gasteiger partial charge in [-0.2, -0.15) is 0 Å². The number of aliphatic hydroxyl groups excluding tert-OH is 1. The summed E-state index contributed by atoms with van der Waals surface area (Å²) in [7, 11) is -9.92. The molecule has 2 unspecified atom stereocenters. The zero-order valence-corrected chi connectivity index (χ0v) is 67.5. The van der Waals surface area contributed by atoms with Crippen LogP contribution in [-0.2, 0) is 65.4 Å². The van der Waals surface area contributed by atoms with E-state index >= 15 is 0 Å². The lowest BCUT2D eigenvalue weighted by Crippen LogP contribution is -2.30. The van der Waals surface area contributed by atoms with E-state index in [1.54, 1.807) is 0 Å². The standard InChI is InChI=1S/C81H158O17P2/c1-8-9-10-11-12-13-14-15-16-17-18-21-24-30-35-40-48-55-62-78(83)91-68-76(97-80(85)64-57-50-41-36-31-25-22-19-20-23-28-33-38-45-52-59-72(2)3)70-95-99(87,88)93-66-75(82)67-94-100(89,90)96-71-77(69-92-79(84)63-56-49-44-43-47-54-61-74(6)7)98-81(86)65-58-51-42-37-32-27-26-29-34-39-46-53-60-73(4)5/h72-77,82H,8-71H2,1-7H3,(H,87,88)(H,89,90)/t75-,76-,77-/m1/s1. The van der Waals surface area contributed by atoms with Crippen LogP contribution in [-0.4, -0.2) is 96.7 Å². The third-order valence-corrected chi connectivity index (χ3v) is 20.8. The third kappa shape index (κ3) is 74.3. The van der Waals surface area contributed by atoms with E-state index in [-0.39, 0.29) is 25.7 Å². The Kier molecular flexibility index (Phi) is 69.9. The summed E-state index contributed by atoms with van der Waals surface area (Å²) < 4.78 is 68.7. The lowest BCUT2D eigenvalue weighted by Gasteiger charge is -2.21. The quantitative estimate of drug-likeness (QED) is 0.0222. The minimum Gasteiger partial charge on any atom is -0.462 e. The van der Waals surface area contributed by atoms with Crippen molar-refractivity contribution >= 4 is 39.5 Å². The van der Waals surface area contributed by atoms with E-state index in [2.05, 4.69) is 48.5 Å². The fourth-order valence-corrected chi connectivity index (χ4v) is 14.1. The molecule has 0 spiro atoms. The number of rotatable bonds is 79. The van der Waals surface area contributed by atoms with Crippen LogP contribution in [0.25, 0.3) is 0 Å². The number of esters is 4. The molecule has 0 amide bonds. The van der Waals surface area contributed by atoms with E-state index in [4.69, 9.17) is 37.0 Å². The molecule has 0 rings (SSSR count). The number of hydrogen-bond acceptors (Lipinski definition) is 15. The molecule has 0 fully saturated rings. The number of phosphoric acid groups is 2. The second-order valence-corrected chi connectivity index (χ2v) is 33.5. The van der Waals surface area contributed by atoms with Crippen LogP contribution < -0.4 is 0 Å². The van der Waals surface area contributed by atoms with Gasteiger partial charge in [-0.15, -0.1) is 0 Å². The number of unbranched alkanes of at least 4 members (excludes halogenated alkanes) is 47. The number of aliphatic hydroxyl groups is 1. The highest BCUT2D eigenvalue weighted by Gasteiger charge is 2.30. The Morgan fingerprint density at radius 1 is 0.270 bits per heavy atom. The number of ether oxygens (including phenoxy) is 4. The van der Waals surface area contributed by atoms with Crippen LogP contribution in [0.5, 0.6) is 0 Å². The van der Waals surface area contributed by atoms with Crippen molar-refractivity contribution in [2.24, 2.45) is 17.8 Å². The average Bonchev–Trinajstić information content (AvgIpc) is 0.920. The maximum absolute atomic E-state index is 13.1. The van der Waals surface area contributed by atoms with Gasteiger partial charge in [-0.1, -0.05) is 370 Å². The molecular formula is C81H158O17P2. The molecule has 5 atom stereocenters. The first-order valence-electron chi connectivity index (χ1n) is 41.8. The van der Waals surface area contributed by atoms with Crippen LogP contribution in [0, 0.1) is 17.8 Å². The second kappa shape index (κ2) is 71.3. The Labute approximate surface area is 613 Å². The van der Waals surface area contributed by atoms with Crippen LogP contribution in [0.15, 0.2) is 0 Å². The van der Waals surface area contributed by atoms with Crippen molar-refractivity contribution < 1.29 is 80.2 Å². The van der Waals surface area contributed by atoms with E-state index in [1.807, 2.05) is 0 Å². The summed E-state index contributed by atoms with van der Waals surface area (Å²) in [6.07, 6.45) is 59.8. The molecular weight excluding hydrogens is 1310 g/mol. The van der Waals surface area contributed by atoms with Gasteiger partial charge in [0, 0.05) is 25.7 Å². The van der Waals surface area contributed by atoms with Gasteiger partial charge in [-0.3, -0.25) is 37.3 Å². The van der Waals surface area contributed by atoms with Crippen molar-refractivity contribution in [3.8, 4) is 0 Å². The molecule has 0 aromatic rings. The Balaban J connectivity index is 5.23. The maximum Gasteiger partial charge on any atom is 0.472 e. The first kappa shape index (κ1) is 98.1. The molecule has 17 nitrogen and oxygen atoms in total. The Hall–Kier alpha value is -1.94. The maximum atomic E-state index is 13.1. The second-order valence-electron chi connectivity index (χ2n) is 30.6. The number of carbonyl (C=O) groups excluding carboxylic acids is 4. The zero-order valence-electron chi connectivity index (χ0n) is 65.7. The van der Waals surface area contributed by atoms with Gasteiger partial charge in [0.25, 0.3) is 0 Å². The molecule has 0 bridgehead atoms. The SMILES string of the molecule is CCCCCCCCCCCCCCCCCCCCC(=O)OC[C@H](COP(=O)(O)OC[C@@H](O)COP(=O)(O)OC[C@@H](COC(=O)CCCCCCCCC(C)C)OC(=O)CCCCCCCCCCCCCCC(C)C)OC(=O)CCCCCCCCCCCCCCCCCC(C)C. The van der Waals surface area contributed by atoms with E-state index in [9.17, 15) is 43.2 Å². The lowest BCUT2D eigenvalue weighted by molar-refractivity contribution is -0.161. The molecule has 100 heavy (non-hydrogen) atoms. The van der Waals surface area contributed by atoms with Gasteiger partial charge < -0.3 is 33.8 Å². The smallest absolute Gasteiger partial charge is 0.462 e. The van der Waals surface area contributed by atoms with Gasteiger partial charge >= 0.3 is 39.5 Å². The lowest BCUT2D eigenvalue weighted by atomic mass is 10.0. The molecule has 3 N–H and O–H groups in total. The zero-order chi connectivity index (χ0) is 73.7. The van der Waals surface area contributed by atoms with Gasteiger partial charge in [0.2, 0.25) is 0 Å². The molecule has 0 aromatic carbocycles. The van der Waals surface area contributed by atoms with E-state index < -0.39 is 97.5 Å². The molecule has 19 heteroatoms. The minimum atomic E-state index is -4.96. The van der Waals surface area contributed by atoms with Crippen molar-refractivity contribution in [2.75, 3.05) is 39.6 Å². The minimum absolute atomic E-state index is 0.106. The van der Waals surface area contributed by atoms with Crippen molar-refractivity contribution in [3.63, 3.8) is 0 Å². The van der Waals surface area contributed by atoms with E-state index in [0.29, 0.717) is 31.6 Å². The molecule has 0 aromatic heterocycles. The fourth-order valence-electron chi connectivity index (χ4n) is 12.5. The van der Waals surface area contributed by atoms with E-state index in [0.717, 1.165) is 108 Å². The van der Waals surface area contributed by atoms with Crippen molar-refractivity contribution in [2.45, 2.75) is 439 Å². The van der Waals surface area contributed by atoms with Gasteiger partial charge in [0.1, 0.15) is 19.3 Å². The summed E-state index contributed by atoms with van der Waals surface area (Å²) in [6, 6.07) is 0. The largest absolute Gasteiger partial charge is 0.472 e. The molecule has 0 aliphatic heterocycles. The fraction of sp³-hybridized carbons (Fsp3) is 0.951. The predicted molar refractivity (Wildman–Crippen MR) is 409 cm³/mol. The molecule has 0 saturated carbocycles. The summed E-state index contributed by atoms with van der Waals surface area (Å²) in [5.41, 5.74) is 0. The van der Waals surface area contributed by atoms with Crippen molar-refractivity contribution in [3.05, 3.63) is 0 Å². The van der Waals surface area contributed by atoms with Crippen molar-refractivity contribution in [1.29, 1.82) is 0 Å². The first-order chi connectivity index (χ1) is 48.2. The van der Waals surface area contributed by atoms with Crippen LogP contribution in [0.1, 0.15) is 421 Å². The molecule has 0 heterocycles. The monoisotopic (exact) mass is 1470 g/mol. The summed E-state index contributed by atoms with van der Waals surface area (Å²) in [6.45, 7) is 11.9. The topological polar surface area (TPSA) is 237 Å². The summed E-state index contributed by atoms with van der Waals surface area (Å²) in [4.78, 5) is 73.0.